The Hall–Kier alpha value is -1.95. The van der Waals surface area contributed by atoms with Gasteiger partial charge in [0.2, 0.25) is 10.1 Å². The van der Waals surface area contributed by atoms with Crippen molar-refractivity contribution >= 4 is 22.4 Å². The molecule has 1 amide bonds. The third kappa shape index (κ3) is 3.77. The Morgan fingerprint density at radius 3 is 2.85 bits per heavy atom. The molecule has 0 aliphatic rings. The first kappa shape index (κ1) is 14.5. The fourth-order valence-electron chi connectivity index (χ4n) is 1.81. The summed E-state index contributed by atoms with van der Waals surface area (Å²) in [6, 6.07) is 8.18. The molecule has 0 aliphatic carbocycles. The van der Waals surface area contributed by atoms with Crippen molar-refractivity contribution in [2.24, 2.45) is 0 Å². The van der Waals surface area contributed by atoms with Crippen LogP contribution in [0.2, 0.25) is 0 Å². The van der Waals surface area contributed by atoms with Gasteiger partial charge in [0.05, 0.1) is 0 Å². The minimum absolute atomic E-state index is 0.166. The number of aryl methyl sites for hydroxylation is 1. The normalized spacial score (nSPS) is 10.3. The predicted octanol–water partition coefficient (Wildman–Crippen LogP) is 2.25. The first-order chi connectivity index (χ1) is 9.70. The van der Waals surface area contributed by atoms with E-state index in [1.807, 2.05) is 19.1 Å². The van der Waals surface area contributed by atoms with E-state index >= 15 is 0 Å². The Kier molecular flexibility index (Phi) is 5.06. The van der Waals surface area contributed by atoms with E-state index in [1.54, 1.807) is 0 Å². The van der Waals surface area contributed by atoms with E-state index in [0.29, 0.717) is 16.7 Å². The molecule has 1 aromatic heterocycles. The molecular weight excluding hydrogens is 272 g/mol. The summed E-state index contributed by atoms with van der Waals surface area (Å²) in [5.41, 5.74) is 2.49. The molecule has 0 aliphatic heterocycles. The highest BCUT2D eigenvalue weighted by molar-refractivity contribution is 7.17. The number of nitrogens with one attached hydrogen (secondary N) is 2. The molecule has 0 bridgehead atoms. The van der Waals surface area contributed by atoms with Crippen LogP contribution in [0.25, 0.3) is 0 Å². The minimum Gasteiger partial charge on any atom is -0.360 e. The number of rotatable bonds is 6. The second-order valence-electron chi connectivity index (χ2n) is 4.38. The van der Waals surface area contributed by atoms with Gasteiger partial charge >= 0.3 is 0 Å². The summed E-state index contributed by atoms with van der Waals surface area (Å²) in [6.07, 6.45) is 0.817. The topological polar surface area (TPSA) is 66.9 Å². The number of benzene rings is 1. The summed E-state index contributed by atoms with van der Waals surface area (Å²) < 4.78 is 0. The van der Waals surface area contributed by atoms with Crippen LogP contribution in [-0.2, 0) is 6.42 Å². The smallest absolute Gasteiger partial charge is 0.282 e. The van der Waals surface area contributed by atoms with Crippen LogP contribution < -0.4 is 10.6 Å². The van der Waals surface area contributed by atoms with Gasteiger partial charge in [-0.25, -0.2) is 0 Å². The van der Waals surface area contributed by atoms with Gasteiger partial charge in [-0.2, -0.15) is 0 Å². The van der Waals surface area contributed by atoms with Crippen molar-refractivity contribution in [3.8, 4) is 0 Å². The highest BCUT2D eigenvalue weighted by Crippen LogP contribution is 2.14. The van der Waals surface area contributed by atoms with Gasteiger partial charge in [0.1, 0.15) is 0 Å². The van der Waals surface area contributed by atoms with E-state index in [2.05, 4.69) is 39.9 Å². The van der Waals surface area contributed by atoms with Crippen molar-refractivity contribution in [1.29, 1.82) is 0 Å². The van der Waals surface area contributed by atoms with Gasteiger partial charge in [-0.3, -0.25) is 4.79 Å². The molecule has 2 aromatic rings. The van der Waals surface area contributed by atoms with Crippen LogP contribution in [0.1, 0.15) is 27.9 Å². The van der Waals surface area contributed by atoms with Gasteiger partial charge in [0.25, 0.3) is 5.91 Å². The van der Waals surface area contributed by atoms with Gasteiger partial charge in [0, 0.05) is 13.1 Å². The lowest BCUT2D eigenvalue weighted by Crippen LogP contribution is -2.25. The Labute approximate surface area is 122 Å². The average Bonchev–Trinajstić information content (AvgIpc) is 2.90. The van der Waals surface area contributed by atoms with Crippen molar-refractivity contribution in [3.63, 3.8) is 0 Å². The number of anilines is 1. The second kappa shape index (κ2) is 7.00. The van der Waals surface area contributed by atoms with Crippen LogP contribution in [0.15, 0.2) is 24.3 Å². The zero-order chi connectivity index (χ0) is 14.4. The number of nitrogens with zero attached hydrogens (tertiary/aromatic N) is 2. The fraction of sp³-hybridized carbons (Fsp3) is 0.357. The molecule has 1 aromatic carbocycles. The van der Waals surface area contributed by atoms with Crippen LogP contribution in [0.4, 0.5) is 5.13 Å². The van der Waals surface area contributed by atoms with Gasteiger partial charge in [-0.15, -0.1) is 10.2 Å². The highest BCUT2D eigenvalue weighted by atomic mass is 32.1. The first-order valence-corrected chi connectivity index (χ1v) is 7.42. The van der Waals surface area contributed by atoms with Gasteiger partial charge in [0.15, 0.2) is 0 Å². The maximum Gasteiger partial charge on any atom is 0.282 e. The molecule has 0 saturated heterocycles. The fourth-order valence-corrected chi connectivity index (χ4v) is 2.54. The van der Waals surface area contributed by atoms with Crippen molar-refractivity contribution in [1.82, 2.24) is 15.5 Å². The summed E-state index contributed by atoms with van der Waals surface area (Å²) >= 11 is 1.27. The van der Waals surface area contributed by atoms with Crippen molar-refractivity contribution in [3.05, 3.63) is 40.4 Å². The van der Waals surface area contributed by atoms with Crippen molar-refractivity contribution in [2.45, 2.75) is 20.3 Å². The third-order valence-corrected chi connectivity index (χ3v) is 3.77. The molecular formula is C14H18N4OS. The number of carbonyl (C=O) groups is 1. The van der Waals surface area contributed by atoms with E-state index in [1.165, 1.54) is 22.5 Å². The summed E-state index contributed by atoms with van der Waals surface area (Å²) in [4.78, 5) is 11.9. The minimum atomic E-state index is -0.166. The highest BCUT2D eigenvalue weighted by Gasteiger charge is 2.11. The number of amides is 1. The van der Waals surface area contributed by atoms with E-state index in [-0.39, 0.29) is 5.91 Å². The summed E-state index contributed by atoms with van der Waals surface area (Å²) in [5, 5.41) is 14.8. The lowest BCUT2D eigenvalue weighted by atomic mass is 10.1. The zero-order valence-electron chi connectivity index (χ0n) is 11.6. The zero-order valence-corrected chi connectivity index (χ0v) is 12.5. The van der Waals surface area contributed by atoms with Gasteiger partial charge < -0.3 is 10.6 Å². The maximum atomic E-state index is 11.9. The van der Waals surface area contributed by atoms with E-state index in [0.717, 1.165) is 13.0 Å². The molecule has 0 radical (unpaired) electrons. The molecule has 0 saturated carbocycles. The maximum absolute atomic E-state index is 11.9. The van der Waals surface area contributed by atoms with Crippen LogP contribution >= 0.6 is 11.3 Å². The predicted molar refractivity (Wildman–Crippen MR) is 81.3 cm³/mol. The van der Waals surface area contributed by atoms with E-state index < -0.39 is 0 Å². The quantitative estimate of drug-likeness (QED) is 0.856. The molecule has 2 rings (SSSR count). The summed E-state index contributed by atoms with van der Waals surface area (Å²) in [5.74, 6) is -0.166. The van der Waals surface area contributed by atoms with Crippen LogP contribution in [-0.4, -0.2) is 29.2 Å². The van der Waals surface area contributed by atoms with Crippen LogP contribution in [0.5, 0.6) is 0 Å². The van der Waals surface area contributed by atoms with E-state index in [4.69, 9.17) is 0 Å². The van der Waals surface area contributed by atoms with Gasteiger partial charge in [-0.05, 0) is 31.4 Å². The molecule has 1 heterocycles. The molecule has 5 nitrogen and oxygen atoms in total. The lowest BCUT2D eigenvalue weighted by Gasteiger charge is -2.05. The average molecular weight is 290 g/mol. The lowest BCUT2D eigenvalue weighted by molar-refractivity contribution is 0.0953. The molecule has 106 valence electrons. The Morgan fingerprint density at radius 2 is 2.10 bits per heavy atom. The summed E-state index contributed by atoms with van der Waals surface area (Å²) in [6.45, 7) is 5.41. The monoisotopic (exact) mass is 290 g/mol. The third-order valence-electron chi connectivity index (χ3n) is 2.89. The van der Waals surface area contributed by atoms with Crippen LogP contribution in [0.3, 0.4) is 0 Å². The number of carbonyl (C=O) groups excluding carboxylic acids is 1. The Balaban J connectivity index is 1.84. The summed E-state index contributed by atoms with van der Waals surface area (Å²) in [7, 11) is 0. The standard InChI is InChI=1S/C14H18N4OS/c1-3-15-14-18-17-13(20-14)12(19)16-9-8-11-7-5-4-6-10(11)2/h4-7H,3,8-9H2,1-2H3,(H,15,18)(H,16,19). The van der Waals surface area contributed by atoms with Crippen LogP contribution in [0, 0.1) is 6.92 Å². The molecule has 2 N–H and O–H groups in total. The largest absolute Gasteiger partial charge is 0.360 e. The van der Waals surface area contributed by atoms with Gasteiger partial charge in [-0.1, -0.05) is 35.6 Å². The molecule has 0 fully saturated rings. The molecule has 0 unspecified atom stereocenters. The second-order valence-corrected chi connectivity index (χ2v) is 5.35. The Bertz CT molecular complexity index is 582. The number of aromatic nitrogens is 2. The Morgan fingerprint density at radius 1 is 1.30 bits per heavy atom. The molecule has 0 spiro atoms. The van der Waals surface area contributed by atoms with Crippen molar-refractivity contribution in [2.75, 3.05) is 18.4 Å². The molecule has 0 atom stereocenters. The molecule has 6 heteroatoms. The first-order valence-electron chi connectivity index (χ1n) is 6.60. The van der Waals surface area contributed by atoms with E-state index in [9.17, 15) is 4.79 Å². The number of hydrogen-bond donors (Lipinski definition) is 2. The van der Waals surface area contributed by atoms with Crippen molar-refractivity contribution < 1.29 is 4.79 Å². The molecule has 20 heavy (non-hydrogen) atoms. The SMILES string of the molecule is CCNc1nnc(C(=O)NCCc2ccccc2C)s1. The number of hydrogen-bond acceptors (Lipinski definition) is 5.